The summed E-state index contributed by atoms with van der Waals surface area (Å²) in [5.74, 6) is 0.107. The summed E-state index contributed by atoms with van der Waals surface area (Å²) in [7, 11) is 0. The van der Waals surface area contributed by atoms with Gasteiger partial charge >= 0.3 is 0 Å². The number of para-hydroxylation sites is 2. The van der Waals surface area contributed by atoms with E-state index in [2.05, 4.69) is 66.0 Å². The van der Waals surface area contributed by atoms with Crippen molar-refractivity contribution in [3.8, 4) is 0 Å². The summed E-state index contributed by atoms with van der Waals surface area (Å²) in [6.07, 6.45) is 1.94. The number of nitrogens with one attached hydrogen (secondary N) is 2. The van der Waals surface area contributed by atoms with E-state index in [0.717, 1.165) is 42.5 Å². The largest absolute Gasteiger partial charge is 0.360 e. The lowest BCUT2D eigenvalue weighted by Crippen LogP contribution is -2.45. The van der Waals surface area contributed by atoms with Crippen LogP contribution in [0.2, 0.25) is 0 Å². The number of carbonyl (C=O) groups excluding carboxylic acids is 1. The number of carbonyl (C=O) groups is 1. The predicted molar refractivity (Wildman–Crippen MR) is 114 cm³/mol. The molecule has 2 N–H and O–H groups in total. The standard InChI is InChI=1S/C23H25N4O/c1-15-7-8-17-13-20(25-22(17)16(15)2)23(28)26-11-9-18(10-12-26)27-14-24-19-5-3-4-6-21(19)27/h3-8,13-14,18,24-25H,9-12H2,1-2H3. The van der Waals surface area contributed by atoms with E-state index < -0.39 is 0 Å². The molecule has 143 valence electrons. The molecule has 1 amide bonds. The first-order valence-electron chi connectivity index (χ1n) is 9.97. The second-order valence-electron chi connectivity index (χ2n) is 7.88. The van der Waals surface area contributed by atoms with E-state index in [4.69, 9.17) is 0 Å². The van der Waals surface area contributed by atoms with E-state index in [9.17, 15) is 4.79 Å². The van der Waals surface area contributed by atoms with Crippen LogP contribution < -0.4 is 10.2 Å². The monoisotopic (exact) mass is 373 g/mol. The minimum absolute atomic E-state index is 0.107. The van der Waals surface area contributed by atoms with Gasteiger partial charge in [-0.25, -0.2) is 0 Å². The van der Waals surface area contributed by atoms with Gasteiger partial charge < -0.3 is 20.1 Å². The number of hydrogen-bond donors (Lipinski definition) is 2. The second kappa shape index (κ2) is 6.59. The van der Waals surface area contributed by atoms with Crippen molar-refractivity contribution in [1.29, 1.82) is 0 Å². The molecule has 2 aliphatic rings. The normalized spacial score (nSPS) is 17.1. The number of amides is 1. The molecule has 28 heavy (non-hydrogen) atoms. The van der Waals surface area contributed by atoms with Crippen LogP contribution in [-0.2, 0) is 0 Å². The van der Waals surface area contributed by atoms with Gasteiger partial charge in [-0.1, -0.05) is 24.3 Å². The van der Waals surface area contributed by atoms with Gasteiger partial charge in [0.1, 0.15) is 12.4 Å². The third-order valence-corrected chi connectivity index (χ3v) is 6.24. The van der Waals surface area contributed by atoms with Crippen molar-refractivity contribution in [2.45, 2.75) is 32.7 Å². The first kappa shape index (κ1) is 17.2. The highest BCUT2D eigenvalue weighted by atomic mass is 16.2. The molecule has 0 spiro atoms. The smallest absolute Gasteiger partial charge is 0.270 e. The second-order valence-corrected chi connectivity index (χ2v) is 7.88. The molecular weight excluding hydrogens is 348 g/mol. The molecule has 2 aliphatic heterocycles. The number of aromatic amines is 1. The molecule has 5 nitrogen and oxygen atoms in total. The van der Waals surface area contributed by atoms with E-state index in [1.807, 2.05) is 17.0 Å². The van der Waals surface area contributed by atoms with Crippen LogP contribution in [0.15, 0.2) is 42.5 Å². The van der Waals surface area contributed by atoms with Crippen LogP contribution in [0.5, 0.6) is 0 Å². The summed E-state index contributed by atoms with van der Waals surface area (Å²) in [6.45, 7) is 7.83. The van der Waals surface area contributed by atoms with Gasteiger partial charge in [0.05, 0.1) is 11.4 Å². The van der Waals surface area contributed by atoms with Gasteiger partial charge in [0.15, 0.2) is 0 Å². The fourth-order valence-electron chi connectivity index (χ4n) is 4.41. The highest BCUT2D eigenvalue weighted by molar-refractivity contribution is 5.99. The maximum atomic E-state index is 13.1. The Labute approximate surface area is 165 Å². The van der Waals surface area contributed by atoms with Gasteiger partial charge in [0.2, 0.25) is 0 Å². The Balaban J connectivity index is 1.30. The van der Waals surface area contributed by atoms with E-state index >= 15 is 0 Å². The van der Waals surface area contributed by atoms with E-state index in [0.29, 0.717) is 11.7 Å². The first-order valence-corrected chi connectivity index (χ1v) is 9.97. The van der Waals surface area contributed by atoms with Crippen LogP contribution >= 0.6 is 0 Å². The highest BCUT2D eigenvalue weighted by Gasteiger charge is 2.31. The van der Waals surface area contributed by atoms with Crippen molar-refractivity contribution in [2.75, 3.05) is 23.3 Å². The van der Waals surface area contributed by atoms with E-state index in [-0.39, 0.29) is 5.91 Å². The molecule has 2 aromatic carbocycles. The summed E-state index contributed by atoms with van der Waals surface area (Å²) in [4.78, 5) is 20.7. The van der Waals surface area contributed by atoms with Crippen molar-refractivity contribution in [3.05, 3.63) is 66.0 Å². The molecule has 0 bridgehead atoms. The van der Waals surface area contributed by atoms with Crippen molar-refractivity contribution in [3.63, 3.8) is 0 Å². The minimum atomic E-state index is 0.107. The number of rotatable bonds is 2. The van der Waals surface area contributed by atoms with Crippen LogP contribution in [0.1, 0.15) is 34.5 Å². The first-order chi connectivity index (χ1) is 13.6. The number of H-pyrrole nitrogens is 1. The lowest BCUT2D eigenvalue weighted by molar-refractivity contribution is 0.0709. The molecule has 1 aromatic heterocycles. The average molecular weight is 373 g/mol. The van der Waals surface area contributed by atoms with Crippen molar-refractivity contribution >= 4 is 28.2 Å². The molecule has 3 heterocycles. The summed E-state index contributed by atoms with van der Waals surface area (Å²) in [6, 6.07) is 15.0. The number of nitrogens with zero attached hydrogens (tertiary/aromatic N) is 2. The number of anilines is 2. The average Bonchev–Trinajstić information content (AvgIpc) is 3.35. The lowest BCUT2D eigenvalue weighted by Gasteiger charge is -2.37. The SMILES string of the molecule is Cc1ccc2cc(C(=O)N3CCC(N4[CH]Nc5ccccc54)CC3)[nH]c2c1C. The van der Waals surface area contributed by atoms with Crippen LogP contribution in [0.25, 0.3) is 10.9 Å². The molecule has 0 unspecified atom stereocenters. The molecule has 1 saturated heterocycles. The maximum Gasteiger partial charge on any atom is 0.270 e. The Morgan fingerprint density at radius 2 is 1.86 bits per heavy atom. The fourth-order valence-corrected chi connectivity index (χ4v) is 4.41. The molecule has 0 aliphatic carbocycles. The number of benzene rings is 2. The summed E-state index contributed by atoms with van der Waals surface area (Å²) in [5.41, 5.74) is 6.61. The van der Waals surface area contributed by atoms with Gasteiger partial charge in [0.25, 0.3) is 5.91 Å². The zero-order chi connectivity index (χ0) is 19.3. The summed E-state index contributed by atoms with van der Waals surface area (Å²) < 4.78 is 0. The number of piperidine rings is 1. The molecule has 0 atom stereocenters. The Hall–Kier alpha value is -2.95. The zero-order valence-electron chi connectivity index (χ0n) is 16.3. The van der Waals surface area contributed by atoms with Gasteiger partial charge in [-0.2, -0.15) is 0 Å². The summed E-state index contributed by atoms with van der Waals surface area (Å²) in [5, 5.41) is 4.45. The Bertz CT molecular complexity index is 1050. The maximum absolute atomic E-state index is 13.1. The minimum Gasteiger partial charge on any atom is -0.360 e. The number of fused-ring (bicyclic) bond motifs is 2. The van der Waals surface area contributed by atoms with Gasteiger partial charge in [-0.15, -0.1) is 0 Å². The predicted octanol–water partition coefficient (Wildman–Crippen LogP) is 4.44. The van der Waals surface area contributed by atoms with Crippen molar-refractivity contribution in [1.82, 2.24) is 9.88 Å². The molecular formula is C23H25N4O. The third-order valence-electron chi connectivity index (χ3n) is 6.24. The molecule has 5 heteroatoms. The lowest BCUT2D eigenvalue weighted by atomic mass is 10.0. The molecule has 1 radical (unpaired) electrons. The van der Waals surface area contributed by atoms with Crippen LogP contribution in [0, 0.1) is 20.5 Å². The Morgan fingerprint density at radius 1 is 1.07 bits per heavy atom. The van der Waals surface area contributed by atoms with Crippen LogP contribution in [0.3, 0.4) is 0 Å². The molecule has 0 saturated carbocycles. The number of aromatic nitrogens is 1. The van der Waals surface area contributed by atoms with Gasteiger partial charge in [0, 0.05) is 30.0 Å². The highest BCUT2D eigenvalue weighted by Crippen LogP contribution is 2.36. The number of hydrogen-bond acceptors (Lipinski definition) is 3. The molecule has 5 rings (SSSR count). The molecule has 1 fully saturated rings. The number of aryl methyl sites for hydroxylation is 2. The molecule has 3 aromatic rings. The van der Waals surface area contributed by atoms with E-state index in [1.54, 1.807) is 0 Å². The van der Waals surface area contributed by atoms with Crippen LogP contribution in [0.4, 0.5) is 11.4 Å². The van der Waals surface area contributed by atoms with Gasteiger partial charge in [-0.3, -0.25) is 4.79 Å². The van der Waals surface area contributed by atoms with Gasteiger partial charge in [-0.05, 0) is 56.0 Å². The van der Waals surface area contributed by atoms with E-state index in [1.165, 1.54) is 16.8 Å². The fraction of sp³-hybridized carbons (Fsp3) is 0.304. The van der Waals surface area contributed by atoms with Crippen LogP contribution in [-0.4, -0.2) is 34.9 Å². The Morgan fingerprint density at radius 3 is 2.68 bits per heavy atom. The topological polar surface area (TPSA) is 51.4 Å². The summed E-state index contributed by atoms with van der Waals surface area (Å²) >= 11 is 0. The third kappa shape index (κ3) is 2.73. The quantitative estimate of drug-likeness (QED) is 0.698. The Kier molecular flexibility index (Phi) is 4.04. The van der Waals surface area contributed by atoms with Crippen molar-refractivity contribution in [2.24, 2.45) is 0 Å². The zero-order valence-corrected chi connectivity index (χ0v) is 16.3. The van der Waals surface area contributed by atoms with Crippen molar-refractivity contribution < 1.29 is 4.79 Å². The number of likely N-dealkylation sites (tertiary alicyclic amines) is 1.